The SMILES string of the molecule is Nc1nc(-c2ccc3c(c2)CCCS3)sc1Br. The lowest BCUT2D eigenvalue weighted by atomic mass is 10.1. The Labute approximate surface area is 117 Å². The highest BCUT2D eigenvalue weighted by molar-refractivity contribution is 9.11. The summed E-state index contributed by atoms with van der Waals surface area (Å²) in [5.41, 5.74) is 8.39. The van der Waals surface area contributed by atoms with Crippen molar-refractivity contribution in [2.24, 2.45) is 0 Å². The molecule has 0 fully saturated rings. The minimum Gasteiger partial charge on any atom is -0.382 e. The third-order valence-corrected chi connectivity index (χ3v) is 5.77. The van der Waals surface area contributed by atoms with Crippen molar-refractivity contribution < 1.29 is 0 Å². The number of thiazole rings is 1. The maximum atomic E-state index is 5.76. The summed E-state index contributed by atoms with van der Waals surface area (Å²) in [7, 11) is 0. The number of hydrogen-bond acceptors (Lipinski definition) is 4. The quantitative estimate of drug-likeness (QED) is 0.853. The molecule has 1 aromatic heterocycles. The Morgan fingerprint density at radius 1 is 1.35 bits per heavy atom. The molecule has 0 bridgehead atoms. The smallest absolute Gasteiger partial charge is 0.149 e. The second-order valence-electron chi connectivity index (χ2n) is 3.95. The number of nitrogens with two attached hydrogens (primary N) is 1. The monoisotopic (exact) mass is 326 g/mol. The summed E-state index contributed by atoms with van der Waals surface area (Å²) >= 11 is 6.96. The molecule has 1 aromatic carbocycles. The van der Waals surface area contributed by atoms with E-state index in [1.807, 2.05) is 11.8 Å². The highest BCUT2D eigenvalue weighted by Gasteiger charge is 2.13. The number of thioether (sulfide) groups is 1. The molecule has 3 rings (SSSR count). The molecule has 2 aromatic rings. The van der Waals surface area contributed by atoms with Crippen LogP contribution in [0, 0.1) is 0 Å². The molecule has 0 radical (unpaired) electrons. The first-order chi connectivity index (χ1) is 8.24. The topological polar surface area (TPSA) is 38.9 Å². The van der Waals surface area contributed by atoms with Crippen LogP contribution < -0.4 is 5.73 Å². The van der Waals surface area contributed by atoms with Crippen LogP contribution >= 0.6 is 39.0 Å². The van der Waals surface area contributed by atoms with Crippen molar-refractivity contribution in [2.45, 2.75) is 17.7 Å². The van der Waals surface area contributed by atoms with E-state index in [9.17, 15) is 0 Å². The first-order valence-corrected chi connectivity index (χ1v) is 8.01. The van der Waals surface area contributed by atoms with E-state index in [1.165, 1.54) is 34.6 Å². The van der Waals surface area contributed by atoms with E-state index >= 15 is 0 Å². The van der Waals surface area contributed by atoms with Gasteiger partial charge in [-0.2, -0.15) is 0 Å². The number of nitrogens with zero attached hydrogens (tertiary/aromatic N) is 1. The van der Waals surface area contributed by atoms with Gasteiger partial charge in [-0.25, -0.2) is 4.98 Å². The fourth-order valence-corrected chi connectivity index (χ4v) is 4.21. The van der Waals surface area contributed by atoms with Gasteiger partial charge in [-0.1, -0.05) is 6.07 Å². The number of fused-ring (bicyclic) bond motifs is 1. The number of nitrogen functional groups attached to an aromatic ring is 1. The van der Waals surface area contributed by atoms with Crippen molar-refractivity contribution in [2.75, 3.05) is 11.5 Å². The fraction of sp³-hybridized carbons (Fsp3) is 0.250. The van der Waals surface area contributed by atoms with E-state index in [4.69, 9.17) is 5.73 Å². The van der Waals surface area contributed by atoms with Gasteiger partial charge in [0.25, 0.3) is 0 Å². The number of aryl methyl sites for hydroxylation is 1. The van der Waals surface area contributed by atoms with Gasteiger partial charge in [0.1, 0.15) is 14.6 Å². The van der Waals surface area contributed by atoms with E-state index in [0.717, 1.165) is 8.79 Å². The Bertz CT molecular complexity index is 546. The molecular weight excluding hydrogens is 316 g/mol. The zero-order chi connectivity index (χ0) is 11.8. The molecule has 0 spiro atoms. The molecular formula is C12H11BrN2S2. The minimum absolute atomic E-state index is 0.581. The van der Waals surface area contributed by atoms with Gasteiger partial charge < -0.3 is 5.73 Å². The van der Waals surface area contributed by atoms with Crippen LogP contribution in [0.25, 0.3) is 10.6 Å². The van der Waals surface area contributed by atoms with Gasteiger partial charge in [0.05, 0.1) is 0 Å². The van der Waals surface area contributed by atoms with Crippen molar-refractivity contribution in [3.63, 3.8) is 0 Å². The first kappa shape index (κ1) is 11.6. The van der Waals surface area contributed by atoms with E-state index in [2.05, 4.69) is 39.1 Å². The molecule has 2 nitrogen and oxygen atoms in total. The number of aromatic nitrogens is 1. The molecule has 17 heavy (non-hydrogen) atoms. The van der Waals surface area contributed by atoms with Crippen LogP contribution in [0.5, 0.6) is 0 Å². The summed E-state index contributed by atoms with van der Waals surface area (Å²) in [5.74, 6) is 1.82. The van der Waals surface area contributed by atoms with Gasteiger partial charge in [-0.3, -0.25) is 0 Å². The largest absolute Gasteiger partial charge is 0.382 e. The van der Waals surface area contributed by atoms with Crippen LogP contribution in [0.4, 0.5) is 5.82 Å². The van der Waals surface area contributed by atoms with Crippen LogP contribution in [0.1, 0.15) is 12.0 Å². The molecule has 0 saturated carbocycles. The lowest BCUT2D eigenvalue weighted by Gasteiger charge is -2.15. The molecule has 0 amide bonds. The van der Waals surface area contributed by atoms with Crippen molar-refractivity contribution in [1.82, 2.24) is 4.98 Å². The molecule has 0 unspecified atom stereocenters. The van der Waals surface area contributed by atoms with Gasteiger partial charge >= 0.3 is 0 Å². The standard InChI is InChI=1S/C12H11BrN2S2/c13-10-11(14)15-12(17-10)8-3-4-9-7(6-8)2-1-5-16-9/h3-4,6H,1-2,5,14H2. The summed E-state index contributed by atoms with van der Waals surface area (Å²) in [4.78, 5) is 5.79. The van der Waals surface area contributed by atoms with Gasteiger partial charge in [0.15, 0.2) is 0 Å². The number of rotatable bonds is 1. The lowest BCUT2D eigenvalue weighted by Crippen LogP contribution is -1.98. The molecule has 0 aliphatic carbocycles. The summed E-state index contributed by atoms with van der Waals surface area (Å²) in [6, 6.07) is 6.61. The number of halogens is 1. The Balaban J connectivity index is 2.03. The predicted molar refractivity (Wildman–Crippen MR) is 78.7 cm³/mol. The van der Waals surface area contributed by atoms with Crippen LogP contribution in [-0.4, -0.2) is 10.7 Å². The summed E-state index contributed by atoms with van der Waals surface area (Å²) < 4.78 is 0.916. The normalized spacial score (nSPS) is 14.6. The molecule has 2 heterocycles. The highest BCUT2D eigenvalue weighted by Crippen LogP contribution is 2.37. The van der Waals surface area contributed by atoms with E-state index in [-0.39, 0.29) is 0 Å². The van der Waals surface area contributed by atoms with Gasteiger partial charge in [-0.15, -0.1) is 23.1 Å². The maximum absolute atomic E-state index is 5.76. The number of hydrogen-bond donors (Lipinski definition) is 1. The zero-order valence-electron chi connectivity index (χ0n) is 9.07. The van der Waals surface area contributed by atoms with Crippen LogP contribution in [0.2, 0.25) is 0 Å². The first-order valence-electron chi connectivity index (χ1n) is 5.42. The Morgan fingerprint density at radius 2 is 2.24 bits per heavy atom. The van der Waals surface area contributed by atoms with E-state index in [1.54, 1.807) is 11.3 Å². The van der Waals surface area contributed by atoms with E-state index in [0.29, 0.717) is 5.82 Å². The van der Waals surface area contributed by atoms with E-state index < -0.39 is 0 Å². The van der Waals surface area contributed by atoms with Crippen LogP contribution in [0.3, 0.4) is 0 Å². The van der Waals surface area contributed by atoms with Crippen molar-refractivity contribution in [3.8, 4) is 10.6 Å². The van der Waals surface area contributed by atoms with Crippen molar-refractivity contribution in [1.29, 1.82) is 0 Å². The second kappa shape index (κ2) is 4.63. The number of benzene rings is 1. The second-order valence-corrected chi connectivity index (χ2v) is 7.41. The Kier molecular flexibility index (Phi) is 3.15. The summed E-state index contributed by atoms with van der Waals surface area (Å²) in [6.07, 6.45) is 2.45. The zero-order valence-corrected chi connectivity index (χ0v) is 12.3. The Morgan fingerprint density at radius 3 is 3.00 bits per heavy atom. The predicted octanol–water partition coefficient (Wildman–Crippen LogP) is 4.19. The average molecular weight is 327 g/mol. The van der Waals surface area contributed by atoms with Crippen molar-refractivity contribution in [3.05, 3.63) is 27.5 Å². The van der Waals surface area contributed by atoms with Crippen LogP contribution in [-0.2, 0) is 6.42 Å². The van der Waals surface area contributed by atoms with Crippen LogP contribution in [0.15, 0.2) is 26.9 Å². The molecule has 0 saturated heterocycles. The van der Waals surface area contributed by atoms with Gasteiger partial charge in [0, 0.05) is 10.5 Å². The third-order valence-electron chi connectivity index (χ3n) is 2.77. The summed E-state index contributed by atoms with van der Waals surface area (Å²) in [6.45, 7) is 0. The van der Waals surface area contributed by atoms with Gasteiger partial charge in [0.2, 0.25) is 0 Å². The molecule has 2 N–H and O–H groups in total. The molecule has 5 heteroatoms. The van der Waals surface area contributed by atoms with Crippen molar-refractivity contribution >= 4 is 44.8 Å². The molecule has 1 aliphatic rings. The molecule has 1 aliphatic heterocycles. The lowest BCUT2D eigenvalue weighted by molar-refractivity contribution is 0.890. The number of anilines is 1. The molecule has 88 valence electrons. The molecule has 0 atom stereocenters. The Hall–Kier alpha value is -0.520. The average Bonchev–Trinajstić information content (AvgIpc) is 2.69. The fourth-order valence-electron chi connectivity index (χ4n) is 1.93. The highest BCUT2D eigenvalue weighted by atomic mass is 79.9. The minimum atomic E-state index is 0.581. The maximum Gasteiger partial charge on any atom is 0.149 e. The summed E-state index contributed by atoms with van der Waals surface area (Å²) in [5, 5.41) is 0.993. The van der Waals surface area contributed by atoms with Gasteiger partial charge in [-0.05, 0) is 52.2 Å². The third kappa shape index (κ3) is 2.23.